The Morgan fingerprint density at radius 2 is 1.97 bits per heavy atom. The van der Waals surface area contributed by atoms with Crippen LogP contribution in [0, 0.1) is 41.4 Å². The van der Waals surface area contributed by atoms with E-state index in [1.807, 2.05) is 18.0 Å². The van der Waals surface area contributed by atoms with Gasteiger partial charge in [-0.25, -0.2) is 0 Å². The monoisotopic (exact) mass is 407 g/mol. The van der Waals surface area contributed by atoms with Gasteiger partial charge in [-0.1, -0.05) is 49.8 Å². The molecule has 5 rings (SSSR count). The zero-order valence-corrected chi connectivity index (χ0v) is 19.0. The van der Waals surface area contributed by atoms with Crippen LogP contribution in [0.1, 0.15) is 57.1 Å². The van der Waals surface area contributed by atoms with Crippen LogP contribution in [-0.2, 0) is 11.2 Å². The Hall–Kier alpha value is -1.61. The van der Waals surface area contributed by atoms with Crippen LogP contribution in [0.25, 0.3) is 0 Å². The van der Waals surface area contributed by atoms with E-state index >= 15 is 0 Å². The maximum atomic E-state index is 12.7. The van der Waals surface area contributed by atoms with Crippen molar-refractivity contribution in [1.82, 2.24) is 4.90 Å². The lowest BCUT2D eigenvalue weighted by Gasteiger charge is -2.62. The Balaban J connectivity index is 1.55. The zero-order valence-electron chi connectivity index (χ0n) is 19.0. The smallest absolute Gasteiger partial charge is 0.246 e. The lowest BCUT2D eigenvalue weighted by Crippen LogP contribution is -2.63. The zero-order chi connectivity index (χ0) is 21.3. The molecule has 0 bridgehead atoms. The van der Waals surface area contributed by atoms with Crippen molar-refractivity contribution in [3.63, 3.8) is 0 Å². The van der Waals surface area contributed by atoms with Crippen LogP contribution in [-0.4, -0.2) is 35.1 Å². The van der Waals surface area contributed by atoms with E-state index < -0.39 is 0 Å². The summed E-state index contributed by atoms with van der Waals surface area (Å²) in [7, 11) is 2.02. The molecule has 1 aromatic rings. The Kier molecular flexibility index (Phi) is 4.70. The number of hydrogen-bond donors (Lipinski definition) is 1. The molecule has 3 saturated carbocycles. The second kappa shape index (κ2) is 6.95. The summed E-state index contributed by atoms with van der Waals surface area (Å²) in [6, 6.07) is 9.15. The first kappa shape index (κ1) is 20.3. The molecule has 0 spiro atoms. The number of carbonyl (C=O) groups excluding carboxylic acids is 1. The standard InChI is InChI=1S/C27H37NO2/c1-17-6-5-7-18(14-17)15-19-16-20-21-8-9-23(29)26(21,2)12-10-22(20)27(3)13-11-24(30)28(4)25(19)27/h5-7,11,13-14,19-23,25,29H,8-10,12,15-16H2,1-4H3/t19-,20+,21+,22+,23+,25-,26+,27-/m1/s1. The first-order valence-corrected chi connectivity index (χ1v) is 11.9. The predicted octanol–water partition coefficient (Wildman–Crippen LogP) is 4.76. The summed E-state index contributed by atoms with van der Waals surface area (Å²) in [5.74, 6) is 2.47. The highest BCUT2D eigenvalue weighted by molar-refractivity contribution is 5.89. The van der Waals surface area contributed by atoms with E-state index in [4.69, 9.17) is 0 Å². The second-order valence-corrected chi connectivity index (χ2v) is 11.3. The van der Waals surface area contributed by atoms with Gasteiger partial charge in [0.2, 0.25) is 5.91 Å². The molecule has 0 saturated heterocycles. The number of fused-ring (bicyclic) bond motifs is 5. The molecule has 3 nitrogen and oxygen atoms in total. The minimum Gasteiger partial charge on any atom is -0.393 e. The summed E-state index contributed by atoms with van der Waals surface area (Å²) in [6.07, 6.45) is 10.6. The van der Waals surface area contributed by atoms with E-state index in [0.29, 0.717) is 23.7 Å². The first-order valence-electron chi connectivity index (χ1n) is 11.9. The van der Waals surface area contributed by atoms with Crippen molar-refractivity contribution in [2.75, 3.05) is 7.05 Å². The third-order valence-electron chi connectivity index (χ3n) is 9.78. The Morgan fingerprint density at radius 1 is 1.17 bits per heavy atom. The van der Waals surface area contributed by atoms with Gasteiger partial charge in [-0.3, -0.25) is 4.79 Å². The number of aliphatic hydroxyl groups excluding tert-OH is 1. The number of likely N-dealkylation sites (N-methyl/N-ethyl adjacent to an activating group) is 1. The van der Waals surface area contributed by atoms with Gasteiger partial charge in [0, 0.05) is 18.5 Å². The fourth-order valence-corrected chi connectivity index (χ4v) is 8.36. The van der Waals surface area contributed by atoms with E-state index in [1.165, 1.54) is 24.0 Å². The van der Waals surface area contributed by atoms with E-state index in [9.17, 15) is 9.90 Å². The van der Waals surface area contributed by atoms with Crippen molar-refractivity contribution in [3.8, 4) is 0 Å². The highest BCUT2D eigenvalue weighted by Gasteiger charge is 2.62. The van der Waals surface area contributed by atoms with Gasteiger partial charge in [0.15, 0.2) is 0 Å². The summed E-state index contributed by atoms with van der Waals surface area (Å²) < 4.78 is 0. The molecule has 0 aromatic heterocycles. The van der Waals surface area contributed by atoms with Gasteiger partial charge in [-0.15, -0.1) is 0 Å². The molecule has 0 unspecified atom stereocenters. The first-order chi connectivity index (χ1) is 14.2. The SMILES string of the molecule is Cc1cccc(C[C@@H]2C[C@@H]3[C@H](CC[C@]4(C)[C@@H](O)CC[C@@H]34)[C@@]3(C)C=CC(=O)N(C)[C@H]23)c1. The highest BCUT2D eigenvalue weighted by atomic mass is 16.3. The van der Waals surface area contributed by atoms with E-state index in [1.54, 1.807) is 0 Å². The molecule has 1 amide bonds. The minimum absolute atomic E-state index is 0.0228. The predicted molar refractivity (Wildman–Crippen MR) is 120 cm³/mol. The summed E-state index contributed by atoms with van der Waals surface area (Å²) in [5.41, 5.74) is 2.80. The molecule has 1 heterocycles. The van der Waals surface area contributed by atoms with Gasteiger partial charge in [-0.05, 0) is 86.2 Å². The van der Waals surface area contributed by atoms with Crippen molar-refractivity contribution < 1.29 is 9.90 Å². The molecule has 8 atom stereocenters. The van der Waals surface area contributed by atoms with Crippen LogP contribution < -0.4 is 0 Å². The van der Waals surface area contributed by atoms with Gasteiger partial charge in [-0.2, -0.15) is 0 Å². The molecule has 30 heavy (non-hydrogen) atoms. The topological polar surface area (TPSA) is 40.5 Å². The molecule has 3 aliphatic carbocycles. The van der Waals surface area contributed by atoms with Gasteiger partial charge < -0.3 is 10.0 Å². The molecule has 4 aliphatic rings. The average Bonchev–Trinajstić information content (AvgIpc) is 3.00. The normalized spacial score (nSPS) is 45.1. The second-order valence-electron chi connectivity index (χ2n) is 11.3. The van der Waals surface area contributed by atoms with Gasteiger partial charge >= 0.3 is 0 Å². The number of amides is 1. The largest absolute Gasteiger partial charge is 0.393 e. The number of carbonyl (C=O) groups is 1. The van der Waals surface area contributed by atoms with Gasteiger partial charge in [0.05, 0.1) is 6.10 Å². The average molecular weight is 408 g/mol. The number of nitrogens with zero attached hydrogens (tertiary/aromatic N) is 1. The third-order valence-corrected chi connectivity index (χ3v) is 9.78. The van der Waals surface area contributed by atoms with Crippen molar-refractivity contribution in [3.05, 3.63) is 47.5 Å². The molecule has 162 valence electrons. The Bertz CT molecular complexity index is 877. The van der Waals surface area contributed by atoms with Crippen molar-refractivity contribution in [2.45, 2.75) is 71.4 Å². The lowest BCUT2D eigenvalue weighted by atomic mass is 9.46. The van der Waals surface area contributed by atoms with Crippen LogP contribution in [0.15, 0.2) is 36.4 Å². The molecule has 0 radical (unpaired) electrons. The third kappa shape index (κ3) is 2.84. The highest BCUT2D eigenvalue weighted by Crippen LogP contribution is 2.65. The van der Waals surface area contributed by atoms with E-state index in [-0.39, 0.29) is 28.9 Å². The lowest BCUT2D eigenvalue weighted by molar-refractivity contribution is -0.148. The van der Waals surface area contributed by atoms with Gasteiger partial charge in [0.25, 0.3) is 0 Å². The molecule has 1 aliphatic heterocycles. The molecular formula is C27H37NO2. The van der Waals surface area contributed by atoms with Crippen molar-refractivity contribution >= 4 is 5.91 Å². The van der Waals surface area contributed by atoms with Crippen LogP contribution in [0.2, 0.25) is 0 Å². The van der Waals surface area contributed by atoms with Crippen molar-refractivity contribution in [2.24, 2.45) is 34.5 Å². The Labute approximate surface area is 181 Å². The molecule has 3 fully saturated rings. The van der Waals surface area contributed by atoms with E-state index in [0.717, 1.165) is 25.7 Å². The Morgan fingerprint density at radius 3 is 2.73 bits per heavy atom. The van der Waals surface area contributed by atoms with Crippen LogP contribution in [0.3, 0.4) is 0 Å². The number of hydrogen-bond acceptors (Lipinski definition) is 2. The molecule has 1 aromatic carbocycles. The van der Waals surface area contributed by atoms with Crippen LogP contribution in [0.5, 0.6) is 0 Å². The van der Waals surface area contributed by atoms with Crippen LogP contribution >= 0.6 is 0 Å². The number of aryl methyl sites for hydroxylation is 1. The maximum Gasteiger partial charge on any atom is 0.246 e. The quantitative estimate of drug-likeness (QED) is 0.768. The minimum atomic E-state index is -0.143. The van der Waals surface area contributed by atoms with Gasteiger partial charge in [0.1, 0.15) is 0 Å². The van der Waals surface area contributed by atoms with E-state index in [2.05, 4.69) is 51.1 Å². The molecule has 3 heteroatoms. The van der Waals surface area contributed by atoms with Crippen molar-refractivity contribution in [1.29, 1.82) is 0 Å². The number of rotatable bonds is 2. The number of aliphatic hydroxyl groups is 1. The summed E-state index contributed by atoms with van der Waals surface area (Å²) >= 11 is 0. The number of benzene rings is 1. The molecular weight excluding hydrogens is 370 g/mol. The fourth-order valence-electron chi connectivity index (χ4n) is 8.36. The maximum absolute atomic E-state index is 12.7. The summed E-state index contributed by atoms with van der Waals surface area (Å²) in [4.78, 5) is 14.7. The van der Waals surface area contributed by atoms with Crippen LogP contribution in [0.4, 0.5) is 0 Å². The fraction of sp³-hybridized carbons (Fsp3) is 0.667. The summed E-state index contributed by atoms with van der Waals surface area (Å²) in [6.45, 7) is 6.93. The molecule has 1 N–H and O–H groups in total. The summed E-state index contributed by atoms with van der Waals surface area (Å²) in [5, 5.41) is 10.8.